The van der Waals surface area contributed by atoms with Gasteiger partial charge < -0.3 is 10.0 Å². The van der Waals surface area contributed by atoms with E-state index >= 15 is 0 Å². The van der Waals surface area contributed by atoms with Crippen molar-refractivity contribution in [2.24, 2.45) is 0 Å². The van der Waals surface area contributed by atoms with E-state index in [1.54, 1.807) is 4.90 Å². The summed E-state index contributed by atoms with van der Waals surface area (Å²) in [4.78, 5) is 14.7. The van der Waals surface area contributed by atoms with Crippen LogP contribution in [0.3, 0.4) is 0 Å². The Balaban J connectivity index is 2.15. The first-order chi connectivity index (χ1) is 10.1. The van der Waals surface area contributed by atoms with Crippen molar-refractivity contribution >= 4 is 11.6 Å². The zero-order chi connectivity index (χ0) is 15.0. The Hall–Kier alpha value is -2.13. The van der Waals surface area contributed by atoms with Crippen LogP contribution in [-0.2, 0) is 6.42 Å². The molecule has 3 rings (SSSR count). The predicted molar refractivity (Wildman–Crippen MR) is 83.7 cm³/mol. The minimum Gasteiger partial charge on any atom is -0.394 e. The van der Waals surface area contributed by atoms with E-state index in [4.69, 9.17) is 0 Å². The highest BCUT2D eigenvalue weighted by atomic mass is 16.3. The molecule has 1 atom stereocenters. The maximum absolute atomic E-state index is 13.0. The van der Waals surface area contributed by atoms with Crippen LogP contribution in [0, 0.1) is 13.8 Å². The molecule has 0 spiro atoms. The Morgan fingerprint density at radius 3 is 2.52 bits per heavy atom. The van der Waals surface area contributed by atoms with Crippen LogP contribution in [-0.4, -0.2) is 23.7 Å². The average molecular weight is 281 g/mol. The van der Waals surface area contributed by atoms with Gasteiger partial charge >= 0.3 is 0 Å². The molecule has 1 N–H and O–H groups in total. The first-order valence-corrected chi connectivity index (χ1v) is 7.22. The number of rotatable bonds is 2. The minimum absolute atomic E-state index is 0.0114. The Kier molecular flexibility index (Phi) is 3.52. The number of anilines is 1. The summed E-state index contributed by atoms with van der Waals surface area (Å²) in [5.41, 5.74) is 4.73. The van der Waals surface area contributed by atoms with Crippen molar-refractivity contribution < 1.29 is 9.90 Å². The summed E-state index contributed by atoms with van der Waals surface area (Å²) in [5, 5.41) is 9.73. The number of carbonyl (C=O) groups is 1. The van der Waals surface area contributed by atoms with E-state index in [2.05, 4.69) is 0 Å². The SMILES string of the molecule is Cc1ccccc1N1C(=O)c2c(C)cccc2CC1CO. The molecule has 0 bridgehead atoms. The van der Waals surface area contributed by atoms with E-state index in [-0.39, 0.29) is 18.6 Å². The van der Waals surface area contributed by atoms with Gasteiger partial charge in [-0.15, -0.1) is 0 Å². The van der Waals surface area contributed by atoms with Crippen LogP contribution < -0.4 is 4.90 Å². The molecular weight excluding hydrogens is 262 g/mol. The van der Waals surface area contributed by atoms with Crippen molar-refractivity contribution in [3.63, 3.8) is 0 Å². The highest BCUT2D eigenvalue weighted by Gasteiger charge is 2.34. The third kappa shape index (κ3) is 2.24. The smallest absolute Gasteiger partial charge is 0.259 e. The summed E-state index contributed by atoms with van der Waals surface area (Å²) in [6.45, 7) is 3.92. The second-order valence-corrected chi connectivity index (χ2v) is 5.61. The maximum atomic E-state index is 13.0. The van der Waals surface area contributed by atoms with Crippen LogP contribution in [0.5, 0.6) is 0 Å². The van der Waals surface area contributed by atoms with Crippen LogP contribution in [0.25, 0.3) is 0 Å². The molecule has 1 unspecified atom stereocenters. The molecule has 0 radical (unpaired) electrons. The van der Waals surface area contributed by atoms with Gasteiger partial charge in [-0.25, -0.2) is 0 Å². The highest BCUT2D eigenvalue weighted by molar-refractivity contribution is 6.10. The van der Waals surface area contributed by atoms with Crippen molar-refractivity contribution in [3.05, 3.63) is 64.7 Å². The van der Waals surface area contributed by atoms with Crippen molar-refractivity contribution in [2.45, 2.75) is 26.3 Å². The first kappa shape index (κ1) is 13.8. The molecule has 108 valence electrons. The van der Waals surface area contributed by atoms with E-state index < -0.39 is 0 Å². The second kappa shape index (κ2) is 5.34. The molecule has 3 nitrogen and oxygen atoms in total. The lowest BCUT2D eigenvalue weighted by Gasteiger charge is -2.37. The molecule has 0 fully saturated rings. The summed E-state index contributed by atoms with van der Waals surface area (Å²) >= 11 is 0. The third-order valence-electron chi connectivity index (χ3n) is 4.20. The first-order valence-electron chi connectivity index (χ1n) is 7.22. The molecule has 1 heterocycles. The van der Waals surface area contributed by atoms with Crippen LogP contribution in [0.4, 0.5) is 5.69 Å². The van der Waals surface area contributed by atoms with Crippen molar-refractivity contribution in [2.75, 3.05) is 11.5 Å². The molecule has 0 aliphatic carbocycles. The van der Waals surface area contributed by atoms with Crippen LogP contribution in [0.15, 0.2) is 42.5 Å². The topological polar surface area (TPSA) is 40.5 Å². The molecule has 0 aromatic heterocycles. The Labute approximate surface area is 124 Å². The number of benzene rings is 2. The quantitative estimate of drug-likeness (QED) is 0.919. The number of fused-ring (bicyclic) bond motifs is 1. The fraction of sp³-hybridized carbons (Fsp3) is 0.278. The lowest BCUT2D eigenvalue weighted by Crippen LogP contribution is -2.48. The normalized spacial score (nSPS) is 17.8. The molecule has 1 amide bonds. The van der Waals surface area contributed by atoms with Gasteiger partial charge in [0, 0.05) is 11.3 Å². The summed E-state index contributed by atoms with van der Waals surface area (Å²) in [6, 6.07) is 13.5. The fourth-order valence-electron chi connectivity index (χ4n) is 3.12. The van der Waals surface area contributed by atoms with Gasteiger partial charge in [0.2, 0.25) is 0 Å². The molecule has 1 aliphatic heterocycles. The standard InChI is InChI=1S/C18H19NO2/c1-12-6-3-4-9-16(12)19-15(11-20)10-14-8-5-7-13(2)17(14)18(19)21/h3-9,15,20H,10-11H2,1-2H3. The number of amides is 1. The largest absolute Gasteiger partial charge is 0.394 e. The number of para-hydroxylation sites is 1. The second-order valence-electron chi connectivity index (χ2n) is 5.61. The van der Waals surface area contributed by atoms with Crippen LogP contribution in [0.2, 0.25) is 0 Å². The summed E-state index contributed by atoms with van der Waals surface area (Å²) in [6.07, 6.45) is 0.688. The minimum atomic E-state index is -0.201. The van der Waals surface area contributed by atoms with Gasteiger partial charge in [0.25, 0.3) is 5.91 Å². The van der Waals surface area contributed by atoms with E-state index in [1.165, 1.54) is 0 Å². The molecule has 1 aliphatic rings. The molecule has 21 heavy (non-hydrogen) atoms. The van der Waals surface area contributed by atoms with Gasteiger partial charge in [-0.2, -0.15) is 0 Å². The lowest BCUT2D eigenvalue weighted by atomic mass is 9.90. The van der Waals surface area contributed by atoms with Gasteiger partial charge in [-0.3, -0.25) is 4.79 Å². The Morgan fingerprint density at radius 2 is 1.81 bits per heavy atom. The van der Waals surface area contributed by atoms with Gasteiger partial charge in [-0.1, -0.05) is 36.4 Å². The zero-order valence-electron chi connectivity index (χ0n) is 12.3. The summed E-state index contributed by atoms with van der Waals surface area (Å²) in [5.74, 6) is -0.0114. The van der Waals surface area contributed by atoms with E-state index in [1.807, 2.05) is 56.3 Å². The fourth-order valence-corrected chi connectivity index (χ4v) is 3.12. The van der Waals surface area contributed by atoms with Crippen molar-refractivity contribution in [1.29, 1.82) is 0 Å². The molecule has 0 saturated heterocycles. The van der Waals surface area contributed by atoms with Gasteiger partial charge in [-0.05, 0) is 43.0 Å². The number of nitrogens with zero attached hydrogens (tertiary/aromatic N) is 1. The highest BCUT2D eigenvalue weighted by Crippen LogP contribution is 2.31. The molecule has 2 aromatic carbocycles. The van der Waals surface area contributed by atoms with E-state index in [0.29, 0.717) is 6.42 Å². The van der Waals surface area contributed by atoms with E-state index in [9.17, 15) is 9.90 Å². The number of aryl methyl sites for hydroxylation is 2. The molecule has 2 aromatic rings. The predicted octanol–water partition coefficient (Wildman–Crippen LogP) is 2.87. The number of hydrogen-bond acceptors (Lipinski definition) is 2. The average Bonchev–Trinajstić information content (AvgIpc) is 2.48. The van der Waals surface area contributed by atoms with Crippen LogP contribution in [0.1, 0.15) is 27.0 Å². The Bertz CT molecular complexity index is 693. The number of hydrogen-bond donors (Lipinski definition) is 1. The summed E-state index contributed by atoms with van der Waals surface area (Å²) < 4.78 is 0. The van der Waals surface area contributed by atoms with E-state index in [0.717, 1.165) is 27.9 Å². The van der Waals surface area contributed by atoms with Crippen LogP contribution >= 0.6 is 0 Å². The number of carbonyl (C=O) groups excluding carboxylic acids is 1. The van der Waals surface area contributed by atoms with Crippen molar-refractivity contribution in [1.82, 2.24) is 0 Å². The zero-order valence-corrected chi connectivity index (χ0v) is 12.3. The number of aliphatic hydroxyl groups is 1. The Morgan fingerprint density at radius 1 is 1.10 bits per heavy atom. The number of aliphatic hydroxyl groups excluding tert-OH is 1. The van der Waals surface area contributed by atoms with Crippen molar-refractivity contribution in [3.8, 4) is 0 Å². The van der Waals surface area contributed by atoms with Gasteiger partial charge in [0.15, 0.2) is 0 Å². The molecule has 3 heteroatoms. The molecule has 0 saturated carbocycles. The molecular formula is C18H19NO2. The maximum Gasteiger partial charge on any atom is 0.259 e. The third-order valence-corrected chi connectivity index (χ3v) is 4.20. The van der Waals surface area contributed by atoms with Gasteiger partial charge in [0.1, 0.15) is 0 Å². The summed E-state index contributed by atoms with van der Waals surface area (Å²) in [7, 11) is 0. The van der Waals surface area contributed by atoms with Gasteiger partial charge in [0.05, 0.1) is 12.6 Å². The monoisotopic (exact) mass is 281 g/mol. The lowest BCUT2D eigenvalue weighted by molar-refractivity contribution is 0.0950.